The summed E-state index contributed by atoms with van der Waals surface area (Å²) in [6.07, 6.45) is 1.64. The van der Waals surface area contributed by atoms with Gasteiger partial charge in [0.15, 0.2) is 0 Å². The first-order valence-electron chi connectivity index (χ1n) is 7.90. The highest BCUT2D eigenvalue weighted by Crippen LogP contribution is 2.20. The van der Waals surface area contributed by atoms with Crippen LogP contribution in [0.3, 0.4) is 0 Å². The molecule has 1 aromatic heterocycles. The minimum absolute atomic E-state index is 0.0384. The molecule has 0 atom stereocenters. The molecule has 1 heterocycles. The van der Waals surface area contributed by atoms with Crippen molar-refractivity contribution in [3.8, 4) is 0 Å². The average molecular weight is 396 g/mol. The fraction of sp³-hybridized carbons (Fsp3) is 0.100. The van der Waals surface area contributed by atoms with Crippen LogP contribution in [0.5, 0.6) is 0 Å². The lowest BCUT2D eigenvalue weighted by Gasteiger charge is -2.17. The fourth-order valence-electron chi connectivity index (χ4n) is 2.50. The molecule has 0 aliphatic heterocycles. The highest BCUT2D eigenvalue weighted by atomic mass is 79.9. The third-order valence-electron chi connectivity index (χ3n) is 3.71. The van der Waals surface area contributed by atoms with Crippen molar-refractivity contribution in [1.29, 1.82) is 0 Å². The standard InChI is InChI=1S/C20H18BrN3O/c1-24(14-15-6-3-2-4-7-15)20(25)16-10-11-22-19(12-16)23-18-9-5-8-17(21)13-18/h2-13H,14H2,1H3,(H,22,23). The number of nitrogens with zero attached hydrogens (tertiary/aromatic N) is 2. The van der Waals surface area contributed by atoms with E-state index in [0.29, 0.717) is 17.9 Å². The summed E-state index contributed by atoms with van der Waals surface area (Å²) >= 11 is 3.44. The number of hydrogen-bond donors (Lipinski definition) is 1. The summed E-state index contributed by atoms with van der Waals surface area (Å²) in [5, 5.41) is 3.22. The van der Waals surface area contributed by atoms with Crippen LogP contribution >= 0.6 is 15.9 Å². The molecule has 0 aliphatic rings. The molecule has 0 unspecified atom stereocenters. The predicted molar refractivity (Wildman–Crippen MR) is 104 cm³/mol. The lowest BCUT2D eigenvalue weighted by atomic mass is 10.2. The number of aromatic nitrogens is 1. The Morgan fingerprint density at radius 3 is 2.64 bits per heavy atom. The number of nitrogens with one attached hydrogen (secondary N) is 1. The van der Waals surface area contributed by atoms with Crippen LogP contribution in [0.15, 0.2) is 77.4 Å². The Kier molecular flexibility index (Phi) is 5.46. The van der Waals surface area contributed by atoms with E-state index < -0.39 is 0 Å². The Balaban J connectivity index is 1.73. The molecule has 1 amide bonds. The second kappa shape index (κ2) is 7.94. The molecule has 2 aromatic carbocycles. The van der Waals surface area contributed by atoms with Gasteiger partial charge in [0.25, 0.3) is 5.91 Å². The van der Waals surface area contributed by atoms with Crippen LogP contribution in [0.1, 0.15) is 15.9 Å². The van der Waals surface area contributed by atoms with Crippen molar-refractivity contribution in [2.75, 3.05) is 12.4 Å². The van der Waals surface area contributed by atoms with Crippen molar-refractivity contribution >= 4 is 33.3 Å². The zero-order chi connectivity index (χ0) is 17.6. The molecule has 0 bridgehead atoms. The van der Waals surface area contributed by atoms with Crippen molar-refractivity contribution in [2.24, 2.45) is 0 Å². The SMILES string of the molecule is CN(Cc1ccccc1)C(=O)c1ccnc(Nc2cccc(Br)c2)c1. The zero-order valence-corrected chi connectivity index (χ0v) is 15.4. The van der Waals surface area contributed by atoms with Gasteiger partial charge in [-0.1, -0.05) is 52.3 Å². The zero-order valence-electron chi connectivity index (χ0n) is 13.8. The maximum absolute atomic E-state index is 12.7. The highest BCUT2D eigenvalue weighted by Gasteiger charge is 2.13. The van der Waals surface area contributed by atoms with E-state index in [-0.39, 0.29) is 5.91 Å². The van der Waals surface area contributed by atoms with E-state index in [2.05, 4.69) is 26.2 Å². The minimum Gasteiger partial charge on any atom is -0.340 e. The smallest absolute Gasteiger partial charge is 0.254 e. The average Bonchev–Trinajstić information content (AvgIpc) is 2.62. The quantitative estimate of drug-likeness (QED) is 0.670. The molecule has 3 rings (SSSR count). The first kappa shape index (κ1) is 17.2. The van der Waals surface area contributed by atoms with Gasteiger partial charge in [0.2, 0.25) is 0 Å². The second-order valence-corrected chi connectivity index (χ2v) is 6.63. The Hall–Kier alpha value is -2.66. The number of pyridine rings is 1. The molecular formula is C20H18BrN3O. The van der Waals surface area contributed by atoms with Gasteiger partial charge in [0.1, 0.15) is 5.82 Å². The topological polar surface area (TPSA) is 45.2 Å². The number of rotatable bonds is 5. The number of amides is 1. The van der Waals surface area contributed by atoms with Crippen LogP contribution in [0.25, 0.3) is 0 Å². The maximum Gasteiger partial charge on any atom is 0.254 e. The van der Waals surface area contributed by atoms with Gasteiger partial charge in [-0.2, -0.15) is 0 Å². The Bertz CT molecular complexity index is 868. The Labute approximate surface area is 155 Å². The summed E-state index contributed by atoms with van der Waals surface area (Å²) in [6.45, 7) is 0.566. The van der Waals surface area contributed by atoms with Crippen LogP contribution in [-0.2, 0) is 6.54 Å². The lowest BCUT2D eigenvalue weighted by molar-refractivity contribution is 0.0785. The summed E-state index contributed by atoms with van der Waals surface area (Å²) in [5.41, 5.74) is 2.61. The van der Waals surface area contributed by atoms with Gasteiger partial charge in [0.05, 0.1) is 0 Å². The van der Waals surface area contributed by atoms with Crippen molar-refractivity contribution in [2.45, 2.75) is 6.54 Å². The molecule has 0 aliphatic carbocycles. The number of carbonyl (C=O) groups is 1. The van der Waals surface area contributed by atoms with Crippen molar-refractivity contribution in [3.63, 3.8) is 0 Å². The van der Waals surface area contributed by atoms with E-state index in [1.54, 1.807) is 30.3 Å². The fourth-order valence-corrected chi connectivity index (χ4v) is 2.89. The molecule has 3 aromatic rings. The monoisotopic (exact) mass is 395 g/mol. The third-order valence-corrected chi connectivity index (χ3v) is 4.21. The van der Waals surface area contributed by atoms with Crippen LogP contribution < -0.4 is 5.32 Å². The van der Waals surface area contributed by atoms with Crippen molar-refractivity contribution in [1.82, 2.24) is 9.88 Å². The summed E-state index contributed by atoms with van der Waals surface area (Å²) in [6, 6.07) is 21.2. The van der Waals surface area contributed by atoms with Gasteiger partial charge in [-0.3, -0.25) is 4.79 Å². The van der Waals surface area contributed by atoms with E-state index in [0.717, 1.165) is 15.7 Å². The number of benzene rings is 2. The van der Waals surface area contributed by atoms with E-state index >= 15 is 0 Å². The number of anilines is 2. The van der Waals surface area contributed by atoms with Crippen LogP contribution in [-0.4, -0.2) is 22.8 Å². The molecule has 25 heavy (non-hydrogen) atoms. The summed E-state index contributed by atoms with van der Waals surface area (Å²) in [4.78, 5) is 18.7. The molecule has 0 radical (unpaired) electrons. The van der Waals surface area contributed by atoms with Gasteiger partial charge >= 0.3 is 0 Å². The molecule has 126 valence electrons. The van der Waals surface area contributed by atoms with Crippen LogP contribution in [0.4, 0.5) is 11.5 Å². The number of halogens is 1. The number of hydrogen-bond acceptors (Lipinski definition) is 3. The summed E-state index contributed by atoms with van der Waals surface area (Å²) < 4.78 is 0.979. The largest absolute Gasteiger partial charge is 0.340 e. The third kappa shape index (κ3) is 4.67. The Morgan fingerprint density at radius 1 is 1.08 bits per heavy atom. The van der Waals surface area contributed by atoms with Gasteiger partial charge in [-0.25, -0.2) is 4.98 Å². The summed E-state index contributed by atoms with van der Waals surface area (Å²) in [7, 11) is 1.80. The van der Waals surface area contributed by atoms with Crippen LogP contribution in [0.2, 0.25) is 0 Å². The van der Waals surface area contributed by atoms with Gasteiger partial charge < -0.3 is 10.2 Å². The van der Waals surface area contributed by atoms with E-state index in [4.69, 9.17) is 0 Å². The first-order valence-corrected chi connectivity index (χ1v) is 8.69. The lowest BCUT2D eigenvalue weighted by Crippen LogP contribution is -2.26. The highest BCUT2D eigenvalue weighted by molar-refractivity contribution is 9.10. The molecule has 1 N–H and O–H groups in total. The predicted octanol–water partition coefficient (Wildman–Crippen LogP) is 4.86. The normalized spacial score (nSPS) is 10.3. The second-order valence-electron chi connectivity index (χ2n) is 5.71. The van der Waals surface area contributed by atoms with Crippen molar-refractivity contribution in [3.05, 3.63) is 88.5 Å². The van der Waals surface area contributed by atoms with Gasteiger partial charge in [-0.05, 0) is 35.9 Å². The molecule has 0 spiro atoms. The van der Waals surface area contributed by atoms with E-state index in [1.807, 2.05) is 54.6 Å². The molecule has 4 nitrogen and oxygen atoms in total. The molecular weight excluding hydrogens is 378 g/mol. The van der Waals surface area contributed by atoms with Crippen molar-refractivity contribution < 1.29 is 4.79 Å². The van der Waals surface area contributed by atoms with E-state index in [1.165, 1.54) is 0 Å². The summed E-state index contributed by atoms with van der Waals surface area (Å²) in [5.74, 6) is 0.598. The molecule has 5 heteroatoms. The minimum atomic E-state index is -0.0384. The molecule has 0 saturated heterocycles. The molecule has 0 fully saturated rings. The maximum atomic E-state index is 12.7. The van der Waals surface area contributed by atoms with E-state index in [9.17, 15) is 4.79 Å². The van der Waals surface area contributed by atoms with Gasteiger partial charge in [0, 0.05) is 35.5 Å². The number of carbonyl (C=O) groups excluding carboxylic acids is 1. The van der Waals surface area contributed by atoms with Gasteiger partial charge in [-0.15, -0.1) is 0 Å². The Morgan fingerprint density at radius 2 is 1.88 bits per heavy atom. The molecule has 0 saturated carbocycles. The van der Waals surface area contributed by atoms with Crippen LogP contribution in [0, 0.1) is 0 Å². The first-order chi connectivity index (χ1) is 12.1.